The Morgan fingerprint density at radius 1 is 1.06 bits per heavy atom. The number of aromatic nitrogens is 2. The highest BCUT2D eigenvalue weighted by molar-refractivity contribution is 5.68. The molecule has 1 N–H and O–H groups in total. The van der Waals surface area contributed by atoms with Crippen molar-refractivity contribution in [1.82, 2.24) is 9.55 Å². The van der Waals surface area contributed by atoms with E-state index in [1.807, 2.05) is 24.7 Å². The predicted octanol–water partition coefficient (Wildman–Crippen LogP) is 5.69. The van der Waals surface area contributed by atoms with Gasteiger partial charge in [0.15, 0.2) is 0 Å². The topological polar surface area (TPSA) is 61.8 Å². The number of rotatable bonds is 4. The molecule has 4 atom stereocenters. The van der Waals surface area contributed by atoms with Gasteiger partial charge in [0.2, 0.25) is 0 Å². The molecule has 33 heavy (non-hydrogen) atoms. The first-order valence-electron chi connectivity index (χ1n) is 12.4. The van der Waals surface area contributed by atoms with Crippen molar-refractivity contribution in [2.24, 2.45) is 23.2 Å². The molecule has 2 aromatic carbocycles. The number of nitriles is 1. The molecule has 2 heterocycles. The van der Waals surface area contributed by atoms with Crippen LogP contribution in [0.1, 0.15) is 67.2 Å². The molecule has 0 saturated heterocycles. The van der Waals surface area contributed by atoms with Gasteiger partial charge in [-0.15, -0.1) is 0 Å². The summed E-state index contributed by atoms with van der Waals surface area (Å²) in [5, 5.41) is 21.0. The van der Waals surface area contributed by atoms with Gasteiger partial charge in [-0.2, -0.15) is 5.26 Å². The Bertz CT molecular complexity index is 1240. The molecule has 0 amide bonds. The zero-order valence-electron chi connectivity index (χ0n) is 18.8. The van der Waals surface area contributed by atoms with Crippen molar-refractivity contribution in [1.29, 1.82) is 5.26 Å². The Labute approximate surface area is 194 Å². The van der Waals surface area contributed by atoms with Gasteiger partial charge >= 0.3 is 0 Å². The van der Waals surface area contributed by atoms with Crippen molar-refractivity contribution in [3.05, 3.63) is 77.7 Å². The highest BCUT2D eigenvalue weighted by atomic mass is 16.3. The van der Waals surface area contributed by atoms with Crippen molar-refractivity contribution >= 4 is 0 Å². The Balaban J connectivity index is 1.17. The Morgan fingerprint density at radius 3 is 2.58 bits per heavy atom. The number of nitrogens with zero attached hydrogens (tertiary/aromatic N) is 3. The van der Waals surface area contributed by atoms with Crippen LogP contribution in [-0.2, 0) is 0 Å². The molecule has 8 rings (SSSR count). The summed E-state index contributed by atoms with van der Waals surface area (Å²) >= 11 is 0. The number of imidazole rings is 1. The average Bonchev–Trinajstić information content (AvgIpc) is 3.41. The summed E-state index contributed by atoms with van der Waals surface area (Å²) in [5.41, 5.74) is 5.96. The van der Waals surface area contributed by atoms with Gasteiger partial charge in [0, 0.05) is 5.56 Å². The molecule has 3 aromatic rings. The fourth-order valence-corrected chi connectivity index (χ4v) is 8.45. The van der Waals surface area contributed by atoms with Crippen LogP contribution in [0.3, 0.4) is 0 Å². The first kappa shape index (κ1) is 19.6. The normalized spacial score (nSPS) is 34.0. The third kappa shape index (κ3) is 2.82. The second-order valence-electron chi connectivity index (χ2n) is 11.1. The average molecular weight is 436 g/mol. The molecule has 4 heteroatoms. The standard InChI is InChI=1S/C29H29N3O/c30-15-18-5-7-20(8-6-18)28-21-9-19-10-22(28)14-29(12-19,13-21)27(33)11-25-23-3-1-2-4-24(23)26-16-31-17-32(25)26/h1-8,16-17,19,21-22,25,27-28,33H,9-14H2. The monoisotopic (exact) mass is 435 g/mol. The first-order chi connectivity index (χ1) is 16.1. The third-order valence-corrected chi connectivity index (χ3v) is 9.50. The number of benzene rings is 2. The Morgan fingerprint density at radius 2 is 1.82 bits per heavy atom. The van der Waals surface area contributed by atoms with E-state index in [9.17, 15) is 10.4 Å². The SMILES string of the molecule is N#Cc1ccc(C2C3CC4CC2CC(C(O)CC2c5ccccc5-c5cncn52)(C4)C3)cc1. The van der Waals surface area contributed by atoms with Crippen molar-refractivity contribution < 1.29 is 5.11 Å². The molecule has 166 valence electrons. The minimum absolute atomic E-state index is 0.0534. The summed E-state index contributed by atoms with van der Waals surface area (Å²) < 4.78 is 2.27. The van der Waals surface area contributed by atoms with E-state index in [1.165, 1.54) is 41.6 Å². The molecular weight excluding hydrogens is 406 g/mol. The largest absolute Gasteiger partial charge is 0.392 e. The molecule has 0 spiro atoms. The van der Waals surface area contributed by atoms with Crippen molar-refractivity contribution in [3.63, 3.8) is 0 Å². The lowest BCUT2D eigenvalue weighted by Crippen LogP contribution is -2.54. The number of fused-ring (bicyclic) bond motifs is 3. The van der Waals surface area contributed by atoms with Crippen LogP contribution >= 0.6 is 0 Å². The third-order valence-electron chi connectivity index (χ3n) is 9.50. The van der Waals surface area contributed by atoms with Gasteiger partial charge < -0.3 is 9.67 Å². The van der Waals surface area contributed by atoms with Crippen molar-refractivity contribution in [2.75, 3.05) is 0 Å². The minimum atomic E-state index is -0.293. The van der Waals surface area contributed by atoms with Gasteiger partial charge in [0.05, 0.1) is 42.0 Å². The quantitative estimate of drug-likeness (QED) is 0.573. The highest BCUT2D eigenvalue weighted by Crippen LogP contribution is 2.66. The summed E-state index contributed by atoms with van der Waals surface area (Å²) in [6, 6.07) is 19.4. The van der Waals surface area contributed by atoms with E-state index in [-0.39, 0.29) is 17.6 Å². The lowest BCUT2D eigenvalue weighted by molar-refractivity contribution is -0.134. The molecular formula is C29H29N3O. The zero-order chi connectivity index (χ0) is 22.2. The summed E-state index contributed by atoms with van der Waals surface area (Å²) in [5.74, 6) is 2.64. The molecule has 4 saturated carbocycles. The van der Waals surface area contributed by atoms with Gasteiger partial charge in [-0.05, 0) is 90.9 Å². The molecule has 4 bridgehead atoms. The fourth-order valence-electron chi connectivity index (χ4n) is 8.45. The molecule has 4 unspecified atom stereocenters. The van der Waals surface area contributed by atoms with E-state index in [0.717, 1.165) is 30.7 Å². The fraction of sp³-hybridized carbons (Fsp3) is 0.448. The highest BCUT2D eigenvalue weighted by Gasteiger charge is 2.58. The second kappa shape index (κ2) is 7.05. The summed E-state index contributed by atoms with van der Waals surface area (Å²) in [4.78, 5) is 4.41. The lowest BCUT2D eigenvalue weighted by atomic mass is 9.44. The zero-order valence-corrected chi connectivity index (χ0v) is 18.8. The van der Waals surface area contributed by atoms with Crippen LogP contribution in [-0.4, -0.2) is 20.8 Å². The number of hydrogen-bond donors (Lipinski definition) is 1. The number of aliphatic hydroxyl groups excluding tert-OH is 1. The Kier molecular flexibility index (Phi) is 4.18. The minimum Gasteiger partial charge on any atom is -0.392 e. The van der Waals surface area contributed by atoms with Gasteiger partial charge in [-0.3, -0.25) is 0 Å². The molecule has 5 aliphatic rings. The van der Waals surface area contributed by atoms with E-state index < -0.39 is 0 Å². The van der Waals surface area contributed by atoms with Crippen LogP contribution in [0.25, 0.3) is 11.3 Å². The van der Waals surface area contributed by atoms with Gasteiger partial charge in [-0.25, -0.2) is 4.98 Å². The molecule has 4 fully saturated rings. The number of hydrogen-bond acceptors (Lipinski definition) is 3. The van der Waals surface area contributed by atoms with Crippen molar-refractivity contribution in [2.45, 2.75) is 56.6 Å². The van der Waals surface area contributed by atoms with E-state index in [1.54, 1.807) is 0 Å². The van der Waals surface area contributed by atoms with Gasteiger partial charge in [-0.1, -0.05) is 36.4 Å². The smallest absolute Gasteiger partial charge is 0.0991 e. The van der Waals surface area contributed by atoms with Crippen LogP contribution in [0.4, 0.5) is 0 Å². The van der Waals surface area contributed by atoms with Crippen LogP contribution in [0.2, 0.25) is 0 Å². The second-order valence-corrected chi connectivity index (χ2v) is 11.1. The first-order valence-corrected chi connectivity index (χ1v) is 12.4. The molecule has 0 radical (unpaired) electrons. The van der Waals surface area contributed by atoms with E-state index >= 15 is 0 Å². The molecule has 1 aromatic heterocycles. The summed E-state index contributed by atoms with van der Waals surface area (Å²) in [6.07, 6.45) is 10.4. The predicted molar refractivity (Wildman–Crippen MR) is 126 cm³/mol. The lowest BCUT2D eigenvalue weighted by Gasteiger charge is -2.62. The maximum Gasteiger partial charge on any atom is 0.0991 e. The molecule has 4 aliphatic carbocycles. The van der Waals surface area contributed by atoms with E-state index in [4.69, 9.17) is 0 Å². The van der Waals surface area contributed by atoms with Crippen molar-refractivity contribution in [3.8, 4) is 17.3 Å². The van der Waals surface area contributed by atoms with Gasteiger partial charge in [0.1, 0.15) is 0 Å². The van der Waals surface area contributed by atoms with E-state index in [0.29, 0.717) is 17.8 Å². The van der Waals surface area contributed by atoms with E-state index in [2.05, 4.69) is 52.0 Å². The maximum absolute atomic E-state index is 11.8. The van der Waals surface area contributed by atoms with Crippen LogP contribution in [0, 0.1) is 34.5 Å². The Hall–Kier alpha value is -2.90. The molecule has 1 aliphatic heterocycles. The van der Waals surface area contributed by atoms with Crippen LogP contribution in [0.5, 0.6) is 0 Å². The maximum atomic E-state index is 11.8. The van der Waals surface area contributed by atoms with Gasteiger partial charge in [0.25, 0.3) is 0 Å². The summed E-state index contributed by atoms with van der Waals surface area (Å²) in [7, 11) is 0. The number of aliphatic hydroxyl groups is 1. The van der Waals surface area contributed by atoms with Crippen LogP contribution in [0.15, 0.2) is 61.1 Å². The summed E-state index contributed by atoms with van der Waals surface area (Å²) in [6.45, 7) is 0. The van der Waals surface area contributed by atoms with Crippen LogP contribution < -0.4 is 0 Å². The molecule has 4 nitrogen and oxygen atoms in total.